The van der Waals surface area contributed by atoms with Crippen LogP contribution < -0.4 is 20.7 Å². The predicted molar refractivity (Wildman–Crippen MR) is 61.0 cm³/mol. The molecule has 1 amide bonds. The largest absolute Gasteiger partial charge is 0.496 e. The van der Waals surface area contributed by atoms with Gasteiger partial charge in [0.25, 0.3) is 0 Å². The van der Waals surface area contributed by atoms with Crippen molar-refractivity contribution in [3.8, 4) is 11.5 Å². The highest BCUT2D eigenvalue weighted by Gasteiger charge is 2.15. The van der Waals surface area contributed by atoms with E-state index in [0.717, 1.165) is 0 Å². The summed E-state index contributed by atoms with van der Waals surface area (Å²) in [6.07, 6.45) is 0. The van der Waals surface area contributed by atoms with E-state index >= 15 is 0 Å². The topological polar surface area (TPSA) is 86.7 Å². The van der Waals surface area contributed by atoms with Gasteiger partial charge in [-0.2, -0.15) is 0 Å². The number of nitrogens with two attached hydrogens (primary N) is 1. The van der Waals surface area contributed by atoms with Crippen LogP contribution in [0.4, 0.5) is 0 Å². The van der Waals surface area contributed by atoms with Crippen molar-refractivity contribution in [3.63, 3.8) is 0 Å². The highest BCUT2D eigenvalue weighted by Crippen LogP contribution is 2.33. The van der Waals surface area contributed by atoms with Crippen LogP contribution in [0.3, 0.4) is 0 Å². The Bertz CT molecular complexity index is 562. The number of carbonyl (C=O) groups excluding carboxylic acids is 1. The maximum absolute atomic E-state index is 11.3. The van der Waals surface area contributed by atoms with Gasteiger partial charge in [-0.1, -0.05) is 0 Å². The SMILES string of the molecule is COc1cc(OC)c2cc(C(=O)NN)oc2c1. The molecule has 90 valence electrons. The third-order valence-corrected chi connectivity index (χ3v) is 2.38. The minimum absolute atomic E-state index is 0.119. The van der Waals surface area contributed by atoms with Crippen LogP contribution in [0.2, 0.25) is 0 Å². The molecule has 0 fully saturated rings. The number of hydrogen-bond acceptors (Lipinski definition) is 5. The number of hydrazine groups is 1. The third kappa shape index (κ3) is 1.90. The first-order valence-corrected chi connectivity index (χ1v) is 4.86. The van der Waals surface area contributed by atoms with Crippen molar-refractivity contribution in [2.24, 2.45) is 5.84 Å². The van der Waals surface area contributed by atoms with Gasteiger partial charge in [0, 0.05) is 18.2 Å². The predicted octanol–water partition coefficient (Wildman–Crippen LogP) is 1.05. The number of rotatable bonds is 3. The van der Waals surface area contributed by atoms with Crippen molar-refractivity contribution in [2.45, 2.75) is 0 Å². The van der Waals surface area contributed by atoms with Gasteiger partial charge in [-0.3, -0.25) is 10.2 Å². The molecule has 0 unspecified atom stereocenters. The lowest BCUT2D eigenvalue weighted by Gasteiger charge is -2.04. The second kappa shape index (κ2) is 4.34. The molecule has 0 atom stereocenters. The molecule has 0 aliphatic rings. The van der Waals surface area contributed by atoms with Gasteiger partial charge in [0.15, 0.2) is 5.76 Å². The maximum Gasteiger partial charge on any atom is 0.300 e. The lowest BCUT2D eigenvalue weighted by Crippen LogP contribution is -2.29. The summed E-state index contributed by atoms with van der Waals surface area (Å²) in [5.41, 5.74) is 2.50. The lowest BCUT2D eigenvalue weighted by atomic mass is 10.2. The Morgan fingerprint density at radius 1 is 1.29 bits per heavy atom. The quantitative estimate of drug-likeness (QED) is 0.472. The fourth-order valence-corrected chi connectivity index (χ4v) is 1.55. The van der Waals surface area contributed by atoms with E-state index in [9.17, 15) is 4.79 Å². The molecule has 2 rings (SSSR count). The van der Waals surface area contributed by atoms with Crippen molar-refractivity contribution in [1.82, 2.24) is 5.43 Å². The van der Waals surface area contributed by atoms with E-state index in [2.05, 4.69) is 0 Å². The van der Waals surface area contributed by atoms with Crippen molar-refractivity contribution < 1.29 is 18.7 Å². The fraction of sp³-hybridized carbons (Fsp3) is 0.182. The molecule has 0 saturated heterocycles. The minimum Gasteiger partial charge on any atom is -0.496 e. The molecule has 1 aromatic carbocycles. The van der Waals surface area contributed by atoms with Gasteiger partial charge < -0.3 is 13.9 Å². The van der Waals surface area contributed by atoms with E-state index in [0.29, 0.717) is 22.5 Å². The lowest BCUT2D eigenvalue weighted by molar-refractivity contribution is 0.0928. The van der Waals surface area contributed by atoms with Crippen LogP contribution in [0.5, 0.6) is 11.5 Å². The van der Waals surface area contributed by atoms with Crippen molar-refractivity contribution in [1.29, 1.82) is 0 Å². The van der Waals surface area contributed by atoms with Crippen molar-refractivity contribution in [2.75, 3.05) is 14.2 Å². The number of nitrogens with one attached hydrogen (secondary N) is 1. The van der Waals surface area contributed by atoms with Crippen LogP contribution >= 0.6 is 0 Å². The molecule has 2 aromatic rings. The zero-order valence-electron chi connectivity index (χ0n) is 9.44. The molecule has 0 aliphatic carbocycles. The van der Waals surface area contributed by atoms with Gasteiger partial charge in [0.2, 0.25) is 0 Å². The maximum atomic E-state index is 11.3. The average Bonchev–Trinajstić information content (AvgIpc) is 2.80. The Morgan fingerprint density at radius 2 is 2.06 bits per heavy atom. The van der Waals surface area contributed by atoms with Crippen LogP contribution in [-0.2, 0) is 0 Å². The van der Waals surface area contributed by atoms with E-state index < -0.39 is 5.91 Å². The number of nitrogen functional groups attached to an aromatic ring is 1. The number of fused-ring (bicyclic) bond motifs is 1. The van der Waals surface area contributed by atoms with Crippen LogP contribution in [0, 0.1) is 0 Å². The van der Waals surface area contributed by atoms with Gasteiger partial charge in [-0.05, 0) is 0 Å². The Morgan fingerprint density at radius 3 is 2.65 bits per heavy atom. The number of methoxy groups -OCH3 is 2. The van der Waals surface area contributed by atoms with E-state index in [1.807, 2.05) is 5.43 Å². The van der Waals surface area contributed by atoms with E-state index in [1.54, 1.807) is 18.2 Å². The van der Waals surface area contributed by atoms with Gasteiger partial charge in [0.1, 0.15) is 17.1 Å². The molecule has 3 N–H and O–H groups in total. The molecular weight excluding hydrogens is 224 g/mol. The fourth-order valence-electron chi connectivity index (χ4n) is 1.55. The number of hydrogen-bond donors (Lipinski definition) is 2. The molecule has 1 aromatic heterocycles. The number of ether oxygens (including phenoxy) is 2. The summed E-state index contributed by atoms with van der Waals surface area (Å²) in [6.45, 7) is 0. The molecule has 1 heterocycles. The van der Waals surface area contributed by atoms with Gasteiger partial charge in [0.05, 0.1) is 19.6 Å². The third-order valence-electron chi connectivity index (χ3n) is 2.38. The summed E-state index contributed by atoms with van der Waals surface area (Å²) < 4.78 is 15.6. The van der Waals surface area contributed by atoms with Crippen LogP contribution in [0.1, 0.15) is 10.6 Å². The van der Waals surface area contributed by atoms with Crippen LogP contribution in [-0.4, -0.2) is 20.1 Å². The Kier molecular flexibility index (Phi) is 2.88. The Balaban J connectivity index is 2.62. The zero-order chi connectivity index (χ0) is 12.4. The number of amides is 1. The van der Waals surface area contributed by atoms with E-state index in [4.69, 9.17) is 19.7 Å². The summed E-state index contributed by atoms with van der Waals surface area (Å²) in [6, 6.07) is 4.95. The average molecular weight is 236 g/mol. The molecule has 0 bridgehead atoms. The summed E-state index contributed by atoms with van der Waals surface area (Å²) in [4.78, 5) is 11.3. The van der Waals surface area contributed by atoms with Crippen molar-refractivity contribution in [3.05, 3.63) is 24.0 Å². The molecule has 0 saturated carbocycles. The minimum atomic E-state index is -0.498. The normalized spacial score (nSPS) is 10.3. The van der Waals surface area contributed by atoms with Crippen LogP contribution in [0.15, 0.2) is 22.6 Å². The molecule has 0 spiro atoms. The zero-order valence-corrected chi connectivity index (χ0v) is 9.44. The standard InChI is InChI=1S/C11H12N2O4/c1-15-6-3-8(16-2)7-5-10(11(14)13-12)17-9(7)4-6/h3-5H,12H2,1-2H3,(H,13,14). The van der Waals surface area contributed by atoms with Gasteiger partial charge in [-0.15, -0.1) is 0 Å². The van der Waals surface area contributed by atoms with E-state index in [-0.39, 0.29) is 5.76 Å². The first kappa shape index (κ1) is 11.3. The smallest absolute Gasteiger partial charge is 0.300 e. The highest BCUT2D eigenvalue weighted by molar-refractivity contribution is 5.97. The molecular formula is C11H12N2O4. The monoisotopic (exact) mass is 236 g/mol. The second-order valence-corrected chi connectivity index (χ2v) is 3.33. The van der Waals surface area contributed by atoms with Gasteiger partial charge >= 0.3 is 5.91 Å². The number of furan rings is 1. The summed E-state index contributed by atoms with van der Waals surface area (Å²) >= 11 is 0. The Hall–Kier alpha value is -2.21. The molecule has 0 aliphatic heterocycles. The molecule has 6 heteroatoms. The van der Waals surface area contributed by atoms with Gasteiger partial charge in [-0.25, -0.2) is 5.84 Å². The number of carbonyl (C=O) groups is 1. The Labute approximate surface area is 97.3 Å². The summed E-state index contributed by atoms with van der Waals surface area (Å²) in [5, 5.41) is 0.687. The van der Waals surface area contributed by atoms with Crippen molar-refractivity contribution >= 4 is 16.9 Å². The number of benzene rings is 1. The molecule has 17 heavy (non-hydrogen) atoms. The molecule has 0 radical (unpaired) electrons. The summed E-state index contributed by atoms with van der Waals surface area (Å²) in [7, 11) is 3.07. The summed E-state index contributed by atoms with van der Waals surface area (Å²) in [5.74, 6) is 5.81. The van der Waals surface area contributed by atoms with Crippen LogP contribution in [0.25, 0.3) is 11.0 Å². The first-order valence-electron chi connectivity index (χ1n) is 4.86. The highest BCUT2D eigenvalue weighted by atomic mass is 16.5. The van der Waals surface area contributed by atoms with E-state index in [1.165, 1.54) is 14.2 Å². The molecule has 6 nitrogen and oxygen atoms in total. The first-order chi connectivity index (χ1) is 8.19. The second-order valence-electron chi connectivity index (χ2n) is 3.33.